The van der Waals surface area contributed by atoms with Crippen LogP contribution in [0.1, 0.15) is 41.5 Å². The summed E-state index contributed by atoms with van der Waals surface area (Å²) in [5.74, 6) is 1.18. The molecule has 0 fully saturated rings. The first kappa shape index (κ1) is 17.5. The van der Waals surface area contributed by atoms with Crippen LogP contribution in [0.3, 0.4) is 0 Å². The van der Waals surface area contributed by atoms with E-state index in [1.807, 2.05) is 13.0 Å². The number of Topliss-reactive ketones (excluding diaryl/α,β-unsaturated/α-hetero) is 1. The summed E-state index contributed by atoms with van der Waals surface area (Å²) >= 11 is 0. The predicted molar refractivity (Wildman–Crippen MR) is 108 cm³/mol. The van der Waals surface area contributed by atoms with Crippen LogP contribution in [0.5, 0.6) is 5.75 Å². The van der Waals surface area contributed by atoms with Gasteiger partial charge in [-0.15, -0.1) is 0 Å². The molecule has 2 heterocycles. The number of aromatic nitrogens is 2. The van der Waals surface area contributed by atoms with Gasteiger partial charge in [0.2, 0.25) is 11.6 Å². The second-order valence-electron chi connectivity index (χ2n) is 7.59. The van der Waals surface area contributed by atoms with Crippen LogP contribution in [0.25, 0.3) is 0 Å². The van der Waals surface area contributed by atoms with Gasteiger partial charge in [0.15, 0.2) is 5.78 Å². The Morgan fingerprint density at radius 3 is 2.62 bits per heavy atom. The molecule has 5 rings (SSSR count). The van der Waals surface area contributed by atoms with Gasteiger partial charge >= 0.3 is 0 Å². The highest BCUT2D eigenvalue weighted by Gasteiger charge is 2.37. The van der Waals surface area contributed by atoms with Crippen molar-refractivity contribution in [3.8, 4) is 5.75 Å². The molecule has 1 aromatic heterocycles. The first-order chi connectivity index (χ1) is 14.1. The van der Waals surface area contributed by atoms with Crippen LogP contribution < -0.4 is 10.6 Å². The third-order valence-electron chi connectivity index (χ3n) is 5.59. The maximum absolute atomic E-state index is 13.3. The van der Waals surface area contributed by atoms with Crippen LogP contribution in [0.15, 0.2) is 64.4 Å². The van der Waals surface area contributed by atoms with E-state index >= 15 is 0 Å². The van der Waals surface area contributed by atoms with Crippen molar-refractivity contribution in [3.05, 3.63) is 76.5 Å². The molecule has 7 nitrogen and oxygen atoms in total. The molecule has 0 spiro atoms. The van der Waals surface area contributed by atoms with E-state index in [1.54, 1.807) is 18.2 Å². The maximum atomic E-state index is 13.3. The molecule has 2 aliphatic rings. The number of phenols is 1. The van der Waals surface area contributed by atoms with Crippen LogP contribution >= 0.6 is 0 Å². The number of anilines is 2. The zero-order valence-electron chi connectivity index (χ0n) is 15.8. The van der Waals surface area contributed by atoms with E-state index in [0.717, 1.165) is 16.8 Å². The Kier molecular flexibility index (Phi) is 4.08. The molecule has 0 bridgehead atoms. The summed E-state index contributed by atoms with van der Waals surface area (Å²) in [4.78, 5) is 13.3. The van der Waals surface area contributed by atoms with E-state index in [0.29, 0.717) is 30.1 Å². The van der Waals surface area contributed by atoms with Gasteiger partial charge in [0.1, 0.15) is 5.75 Å². The summed E-state index contributed by atoms with van der Waals surface area (Å²) in [6.07, 6.45) is 1.10. The zero-order valence-corrected chi connectivity index (χ0v) is 15.8. The number of aryl methyl sites for hydroxylation is 1. The molecule has 146 valence electrons. The average Bonchev–Trinajstić information content (AvgIpc) is 3.07. The van der Waals surface area contributed by atoms with Crippen molar-refractivity contribution >= 4 is 17.4 Å². The minimum absolute atomic E-state index is 0.0623. The second kappa shape index (κ2) is 6.77. The molecule has 0 radical (unpaired) electrons. The van der Waals surface area contributed by atoms with Gasteiger partial charge in [0.25, 0.3) is 0 Å². The smallest absolute Gasteiger partial charge is 0.219 e. The fourth-order valence-corrected chi connectivity index (χ4v) is 4.13. The molecule has 2 unspecified atom stereocenters. The number of fused-ring (bicyclic) bond motifs is 1. The van der Waals surface area contributed by atoms with Crippen LogP contribution in [0, 0.1) is 6.92 Å². The molecule has 0 amide bonds. The van der Waals surface area contributed by atoms with Gasteiger partial charge in [-0.05, 0) is 52.8 Å². The molecule has 3 aromatic rings. The first-order valence-corrected chi connectivity index (χ1v) is 9.56. The number of phenolic OH excluding ortho intramolecular Hbond substituents is 1. The highest BCUT2D eigenvalue weighted by Crippen LogP contribution is 2.43. The van der Waals surface area contributed by atoms with E-state index in [4.69, 9.17) is 4.63 Å². The SMILES string of the molecule is Cc1ccc(C2CC(=O)C3=C(C2)Nc2nonc2NC3c2cccc(O)c2)cc1. The zero-order chi connectivity index (χ0) is 20.0. The largest absolute Gasteiger partial charge is 0.508 e. The molecule has 29 heavy (non-hydrogen) atoms. The lowest BCUT2D eigenvalue weighted by molar-refractivity contribution is -0.116. The van der Waals surface area contributed by atoms with E-state index in [-0.39, 0.29) is 17.5 Å². The fraction of sp³-hybridized carbons (Fsp3) is 0.227. The summed E-state index contributed by atoms with van der Waals surface area (Å²) in [7, 11) is 0. The van der Waals surface area contributed by atoms with Crippen molar-refractivity contribution in [2.75, 3.05) is 10.6 Å². The summed E-state index contributed by atoms with van der Waals surface area (Å²) < 4.78 is 4.88. The molecule has 7 heteroatoms. The highest BCUT2D eigenvalue weighted by molar-refractivity contribution is 6.00. The molecule has 0 saturated heterocycles. The third-order valence-corrected chi connectivity index (χ3v) is 5.59. The topological polar surface area (TPSA) is 100 Å². The van der Waals surface area contributed by atoms with Gasteiger partial charge in [-0.1, -0.05) is 42.0 Å². The summed E-state index contributed by atoms with van der Waals surface area (Å²) in [6.45, 7) is 2.05. The Hall–Kier alpha value is -3.61. The Bertz CT molecular complexity index is 1120. The Balaban J connectivity index is 1.59. The van der Waals surface area contributed by atoms with Gasteiger partial charge in [0, 0.05) is 17.7 Å². The van der Waals surface area contributed by atoms with E-state index in [1.165, 1.54) is 5.56 Å². The van der Waals surface area contributed by atoms with Gasteiger partial charge in [-0.2, -0.15) is 0 Å². The minimum Gasteiger partial charge on any atom is -0.508 e. The van der Waals surface area contributed by atoms with Crippen LogP contribution in [0.4, 0.5) is 11.6 Å². The van der Waals surface area contributed by atoms with Gasteiger partial charge in [0.05, 0.1) is 6.04 Å². The number of aromatic hydroxyl groups is 1. The molecule has 2 atom stereocenters. The molecular formula is C22H20N4O3. The molecular weight excluding hydrogens is 368 g/mol. The number of hydrogen-bond acceptors (Lipinski definition) is 7. The predicted octanol–water partition coefficient (Wildman–Crippen LogP) is 4.06. The number of rotatable bonds is 2. The lowest BCUT2D eigenvalue weighted by Gasteiger charge is -2.29. The van der Waals surface area contributed by atoms with Gasteiger partial charge in [-0.3, -0.25) is 4.79 Å². The van der Waals surface area contributed by atoms with Crippen LogP contribution in [-0.2, 0) is 4.79 Å². The van der Waals surface area contributed by atoms with E-state index in [2.05, 4.69) is 45.2 Å². The quantitative estimate of drug-likeness (QED) is 0.608. The number of hydrogen-bond donors (Lipinski definition) is 3. The van der Waals surface area contributed by atoms with Crippen LogP contribution in [0.2, 0.25) is 0 Å². The highest BCUT2D eigenvalue weighted by atomic mass is 16.6. The Labute approximate surface area is 167 Å². The lowest BCUT2D eigenvalue weighted by Crippen LogP contribution is -2.27. The second-order valence-corrected chi connectivity index (χ2v) is 7.59. The van der Waals surface area contributed by atoms with Crippen molar-refractivity contribution in [1.82, 2.24) is 10.3 Å². The number of ketones is 1. The summed E-state index contributed by atoms with van der Waals surface area (Å²) in [5.41, 5.74) is 4.56. The lowest BCUT2D eigenvalue weighted by atomic mass is 9.78. The van der Waals surface area contributed by atoms with E-state index in [9.17, 15) is 9.90 Å². The Morgan fingerprint density at radius 2 is 1.83 bits per heavy atom. The number of nitrogens with one attached hydrogen (secondary N) is 2. The Morgan fingerprint density at radius 1 is 1.03 bits per heavy atom. The summed E-state index contributed by atoms with van der Waals surface area (Å²) in [6, 6.07) is 14.8. The number of nitrogens with zero attached hydrogens (tertiary/aromatic N) is 2. The van der Waals surface area contributed by atoms with Crippen molar-refractivity contribution < 1.29 is 14.5 Å². The number of allylic oxidation sites excluding steroid dienone is 1. The average molecular weight is 388 g/mol. The molecule has 0 saturated carbocycles. The van der Waals surface area contributed by atoms with Crippen molar-refractivity contribution in [3.63, 3.8) is 0 Å². The first-order valence-electron chi connectivity index (χ1n) is 9.56. The van der Waals surface area contributed by atoms with Gasteiger partial charge in [-0.25, -0.2) is 4.63 Å². The van der Waals surface area contributed by atoms with Crippen molar-refractivity contribution in [2.45, 2.75) is 31.7 Å². The van der Waals surface area contributed by atoms with Crippen LogP contribution in [-0.4, -0.2) is 21.2 Å². The number of carbonyl (C=O) groups is 1. The van der Waals surface area contributed by atoms with Crippen molar-refractivity contribution in [2.24, 2.45) is 0 Å². The van der Waals surface area contributed by atoms with Crippen molar-refractivity contribution in [1.29, 1.82) is 0 Å². The third kappa shape index (κ3) is 3.14. The van der Waals surface area contributed by atoms with E-state index < -0.39 is 6.04 Å². The normalized spacial score (nSPS) is 20.9. The summed E-state index contributed by atoms with van der Waals surface area (Å²) in [5, 5.41) is 24.3. The standard InChI is InChI=1S/C22H20N4O3/c1-12-5-7-13(8-6-12)15-10-17-19(18(28)11-15)20(14-3-2-4-16(27)9-14)24-22-21(23-17)25-29-26-22/h2-9,15,20,27H,10-11H2,1H3,(H,23,25)(H,24,26). The minimum atomic E-state index is -0.454. The molecule has 1 aliphatic heterocycles. The molecule has 3 N–H and O–H groups in total. The number of carbonyl (C=O) groups excluding carboxylic acids is 1. The maximum Gasteiger partial charge on any atom is 0.219 e. The number of benzene rings is 2. The van der Waals surface area contributed by atoms with Gasteiger partial charge < -0.3 is 15.7 Å². The fourth-order valence-electron chi connectivity index (χ4n) is 4.13. The monoisotopic (exact) mass is 388 g/mol. The molecule has 1 aliphatic carbocycles. The molecule has 2 aromatic carbocycles.